The van der Waals surface area contributed by atoms with Crippen LogP contribution in [0.5, 0.6) is 5.75 Å². The van der Waals surface area contributed by atoms with E-state index in [4.69, 9.17) is 27.2 Å². The molecule has 0 spiro atoms. The van der Waals surface area contributed by atoms with Gasteiger partial charge in [-0.05, 0) is 26.8 Å². The van der Waals surface area contributed by atoms with Crippen molar-refractivity contribution >= 4 is 28.8 Å². The van der Waals surface area contributed by atoms with Crippen LogP contribution in [-0.4, -0.2) is 44.6 Å². The zero-order valence-electron chi connectivity index (χ0n) is 17.7. The Kier molecular flexibility index (Phi) is 6.66. The van der Waals surface area contributed by atoms with Gasteiger partial charge in [-0.1, -0.05) is 18.5 Å². The van der Waals surface area contributed by atoms with Gasteiger partial charge < -0.3 is 20.9 Å². The molecule has 166 valence electrons. The summed E-state index contributed by atoms with van der Waals surface area (Å²) in [5.74, 6) is -1.02. The maximum absolute atomic E-state index is 15.0. The molecular weight excluding hydrogens is 425 g/mol. The molecule has 0 aliphatic carbocycles. The molecule has 1 unspecified atom stereocenters. The van der Waals surface area contributed by atoms with Crippen molar-refractivity contribution in [3.8, 4) is 5.75 Å². The predicted octanol–water partition coefficient (Wildman–Crippen LogP) is 3.07. The Morgan fingerprint density at radius 2 is 2.13 bits per heavy atom. The standard InChI is InChI=1S/C21H25ClFN5O3/c1-10(2)31-18-13(9-14(22)16(23)15(18)21(30)26-6-8-29)11(3)20-27-12(4)17-19(24)25-5-7-28(17)20/h5,7,9-11,29H,6,8H2,1-4H3,(H2,24,25)(H,26,30). The number of nitrogens with one attached hydrogen (secondary N) is 1. The Hall–Kier alpha value is -2.91. The number of benzene rings is 1. The smallest absolute Gasteiger partial charge is 0.258 e. The largest absolute Gasteiger partial charge is 0.490 e. The van der Waals surface area contributed by atoms with Gasteiger partial charge in [0.15, 0.2) is 5.82 Å². The quantitative estimate of drug-likeness (QED) is 0.510. The van der Waals surface area contributed by atoms with Gasteiger partial charge in [-0.3, -0.25) is 9.20 Å². The Bertz CT molecular complexity index is 1130. The van der Waals surface area contributed by atoms with Crippen LogP contribution in [-0.2, 0) is 0 Å². The van der Waals surface area contributed by atoms with Crippen LogP contribution >= 0.6 is 11.6 Å². The number of halogens is 2. The number of nitrogens with zero attached hydrogens (tertiary/aromatic N) is 3. The summed E-state index contributed by atoms with van der Waals surface area (Å²) in [6.45, 7) is 6.91. The lowest BCUT2D eigenvalue weighted by Crippen LogP contribution is -2.29. The molecule has 2 aromatic heterocycles. The molecule has 3 aromatic rings. The molecule has 1 amide bonds. The van der Waals surface area contributed by atoms with Gasteiger partial charge in [0, 0.05) is 30.4 Å². The summed E-state index contributed by atoms with van der Waals surface area (Å²) in [5, 5.41) is 11.3. The van der Waals surface area contributed by atoms with Crippen molar-refractivity contribution in [1.29, 1.82) is 0 Å². The van der Waals surface area contributed by atoms with Gasteiger partial charge in [0.05, 0.1) is 23.4 Å². The number of carbonyl (C=O) groups excluding carboxylic acids is 1. The van der Waals surface area contributed by atoms with E-state index >= 15 is 0 Å². The first-order chi connectivity index (χ1) is 14.7. The topological polar surface area (TPSA) is 115 Å². The van der Waals surface area contributed by atoms with Crippen LogP contribution in [0.25, 0.3) is 5.52 Å². The third-order valence-electron chi connectivity index (χ3n) is 4.82. The van der Waals surface area contributed by atoms with Crippen molar-refractivity contribution in [3.63, 3.8) is 0 Å². The van der Waals surface area contributed by atoms with Gasteiger partial charge in [-0.15, -0.1) is 0 Å². The molecular formula is C21H25ClFN5O3. The van der Waals surface area contributed by atoms with Gasteiger partial charge in [0.2, 0.25) is 0 Å². The zero-order valence-corrected chi connectivity index (χ0v) is 18.5. The fourth-order valence-electron chi connectivity index (χ4n) is 3.49. The minimum atomic E-state index is -0.888. The third-order valence-corrected chi connectivity index (χ3v) is 5.09. The maximum Gasteiger partial charge on any atom is 0.258 e. The zero-order chi connectivity index (χ0) is 22.9. The lowest BCUT2D eigenvalue weighted by molar-refractivity contribution is 0.0934. The molecule has 31 heavy (non-hydrogen) atoms. The number of hydrogen-bond acceptors (Lipinski definition) is 6. The Balaban J connectivity index is 2.24. The SMILES string of the molecule is Cc1nc(C(C)c2cc(Cl)c(F)c(C(=O)NCCO)c2OC(C)C)n2ccnc(N)c12. The number of rotatable bonds is 7. The monoisotopic (exact) mass is 449 g/mol. The van der Waals surface area contributed by atoms with Gasteiger partial charge in [-0.25, -0.2) is 14.4 Å². The minimum Gasteiger partial charge on any atom is -0.490 e. The lowest BCUT2D eigenvalue weighted by atomic mass is 9.95. The highest BCUT2D eigenvalue weighted by atomic mass is 35.5. The fraction of sp³-hybridized carbons (Fsp3) is 0.381. The first-order valence-electron chi connectivity index (χ1n) is 9.83. The molecule has 8 nitrogen and oxygen atoms in total. The van der Waals surface area contributed by atoms with Gasteiger partial charge >= 0.3 is 0 Å². The van der Waals surface area contributed by atoms with Crippen LogP contribution in [0, 0.1) is 12.7 Å². The van der Waals surface area contributed by atoms with Crippen molar-refractivity contribution in [2.75, 3.05) is 18.9 Å². The number of anilines is 1. The predicted molar refractivity (Wildman–Crippen MR) is 116 cm³/mol. The van der Waals surface area contributed by atoms with Crippen LogP contribution in [0.1, 0.15) is 54.1 Å². The van der Waals surface area contributed by atoms with Crippen molar-refractivity contribution in [1.82, 2.24) is 19.7 Å². The van der Waals surface area contributed by atoms with Gasteiger partial charge in [-0.2, -0.15) is 0 Å². The molecule has 0 aliphatic rings. The lowest BCUT2D eigenvalue weighted by Gasteiger charge is -2.22. The number of amides is 1. The number of carbonyl (C=O) groups is 1. The van der Waals surface area contributed by atoms with Crippen LogP contribution in [0.2, 0.25) is 5.02 Å². The first-order valence-corrected chi connectivity index (χ1v) is 10.2. The maximum atomic E-state index is 15.0. The number of hydrogen-bond donors (Lipinski definition) is 3. The summed E-state index contributed by atoms with van der Waals surface area (Å²) in [4.78, 5) is 21.5. The summed E-state index contributed by atoms with van der Waals surface area (Å²) in [6.07, 6.45) is 2.96. The average molecular weight is 450 g/mol. The summed E-state index contributed by atoms with van der Waals surface area (Å²) < 4.78 is 22.7. The molecule has 10 heteroatoms. The Morgan fingerprint density at radius 3 is 2.77 bits per heavy atom. The average Bonchev–Trinajstić information content (AvgIpc) is 3.06. The van der Waals surface area contributed by atoms with E-state index in [2.05, 4.69) is 15.3 Å². The normalized spacial score (nSPS) is 12.4. The first kappa shape index (κ1) is 22.8. The number of aryl methyl sites for hydroxylation is 1. The second-order valence-corrected chi connectivity index (χ2v) is 7.83. The van der Waals surface area contributed by atoms with Gasteiger partial charge in [0.25, 0.3) is 5.91 Å². The van der Waals surface area contributed by atoms with Crippen LogP contribution in [0.3, 0.4) is 0 Å². The number of ether oxygens (including phenoxy) is 1. The number of imidazole rings is 1. The number of aliphatic hydroxyl groups excluding tert-OH is 1. The highest BCUT2D eigenvalue weighted by molar-refractivity contribution is 6.31. The van der Waals surface area contributed by atoms with Crippen LogP contribution in [0.4, 0.5) is 10.2 Å². The van der Waals surface area contributed by atoms with E-state index in [-0.39, 0.29) is 35.6 Å². The molecule has 0 radical (unpaired) electrons. The van der Waals surface area contributed by atoms with E-state index in [1.54, 1.807) is 26.2 Å². The van der Waals surface area contributed by atoms with Crippen LogP contribution in [0.15, 0.2) is 18.5 Å². The highest BCUT2D eigenvalue weighted by Gasteiger charge is 2.29. The molecule has 1 atom stereocenters. The number of nitrogen functional groups attached to an aromatic ring is 1. The molecule has 0 saturated carbocycles. The van der Waals surface area contributed by atoms with Crippen molar-refractivity contribution in [3.05, 3.63) is 51.9 Å². The second-order valence-electron chi connectivity index (χ2n) is 7.42. The van der Waals surface area contributed by atoms with Gasteiger partial charge in [0.1, 0.15) is 28.5 Å². The Labute approximate surface area is 184 Å². The number of nitrogens with two attached hydrogens (primary N) is 1. The molecule has 3 rings (SSSR count). The summed E-state index contributed by atoms with van der Waals surface area (Å²) in [6, 6.07) is 1.45. The minimum absolute atomic E-state index is 0.0346. The molecule has 0 aliphatic heterocycles. The fourth-order valence-corrected chi connectivity index (χ4v) is 3.70. The summed E-state index contributed by atoms with van der Waals surface area (Å²) in [5.41, 5.74) is 7.56. The van der Waals surface area contributed by atoms with E-state index in [0.717, 1.165) is 0 Å². The number of fused-ring (bicyclic) bond motifs is 1. The molecule has 0 saturated heterocycles. The van der Waals surface area contributed by atoms with E-state index in [9.17, 15) is 9.18 Å². The van der Waals surface area contributed by atoms with E-state index in [1.807, 2.05) is 18.2 Å². The number of aliphatic hydroxyl groups is 1. The van der Waals surface area contributed by atoms with E-state index < -0.39 is 17.6 Å². The van der Waals surface area contributed by atoms with Crippen LogP contribution < -0.4 is 15.8 Å². The highest BCUT2D eigenvalue weighted by Crippen LogP contribution is 2.39. The van der Waals surface area contributed by atoms with Crippen molar-refractivity contribution < 1.29 is 19.0 Å². The molecule has 0 fully saturated rings. The molecule has 4 N–H and O–H groups in total. The number of aromatic nitrogens is 3. The second kappa shape index (κ2) is 9.07. The van der Waals surface area contributed by atoms with Crippen molar-refractivity contribution in [2.45, 2.75) is 39.7 Å². The van der Waals surface area contributed by atoms with Crippen molar-refractivity contribution in [2.24, 2.45) is 0 Å². The van der Waals surface area contributed by atoms with E-state index in [0.29, 0.717) is 28.4 Å². The summed E-state index contributed by atoms with van der Waals surface area (Å²) >= 11 is 6.17. The third kappa shape index (κ3) is 4.28. The van der Waals surface area contributed by atoms with E-state index in [1.165, 1.54) is 6.07 Å². The molecule has 0 bridgehead atoms. The Morgan fingerprint density at radius 1 is 1.42 bits per heavy atom. The molecule has 1 aromatic carbocycles. The molecule has 2 heterocycles. The summed E-state index contributed by atoms with van der Waals surface area (Å²) in [7, 11) is 0.